The summed E-state index contributed by atoms with van der Waals surface area (Å²) in [4.78, 5) is 29.6. The van der Waals surface area contributed by atoms with Crippen LogP contribution in [0.4, 0.5) is 0 Å². The summed E-state index contributed by atoms with van der Waals surface area (Å²) in [5.41, 5.74) is 0.857. The fourth-order valence-electron chi connectivity index (χ4n) is 3.02. The van der Waals surface area contributed by atoms with Gasteiger partial charge < -0.3 is 14.0 Å². The van der Waals surface area contributed by atoms with Crippen LogP contribution in [-0.2, 0) is 25.9 Å². The number of esters is 1. The van der Waals surface area contributed by atoms with Crippen LogP contribution in [0.5, 0.6) is 5.75 Å². The molecule has 0 saturated heterocycles. The number of rotatable bonds is 8. The van der Waals surface area contributed by atoms with Gasteiger partial charge >= 0.3 is 5.97 Å². The van der Waals surface area contributed by atoms with Crippen LogP contribution in [0.3, 0.4) is 0 Å². The van der Waals surface area contributed by atoms with Crippen LogP contribution < -0.4 is 9.54 Å². The second kappa shape index (κ2) is 10.1. The van der Waals surface area contributed by atoms with E-state index in [4.69, 9.17) is 9.47 Å². The molecule has 3 aromatic rings. The number of sulfone groups is 1. The van der Waals surface area contributed by atoms with Crippen molar-refractivity contribution in [2.45, 2.75) is 32.2 Å². The van der Waals surface area contributed by atoms with Gasteiger partial charge in [-0.25, -0.2) is 8.42 Å². The first-order chi connectivity index (χ1) is 15.3. The maximum Gasteiger partial charge on any atom is 0.326 e. The molecule has 0 unspecified atom stereocenters. The summed E-state index contributed by atoms with van der Waals surface area (Å²) in [5, 5.41) is 0. The maximum absolute atomic E-state index is 12.9. The van der Waals surface area contributed by atoms with Gasteiger partial charge in [0.25, 0.3) is 5.91 Å². The molecule has 0 aliphatic rings. The van der Waals surface area contributed by atoms with Gasteiger partial charge in [-0.3, -0.25) is 9.59 Å². The van der Waals surface area contributed by atoms with E-state index < -0.39 is 21.7 Å². The first-order valence-electron chi connectivity index (χ1n) is 10.1. The minimum absolute atomic E-state index is 0.0677. The Morgan fingerprint density at radius 1 is 1.06 bits per heavy atom. The molecule has 0 bridgehead atoms. The van der Waals surface area contributed by atoms with E-state index in [1.54, 1.807) is 30.5 Å². The zero-order chi connectivity index (χ0) is 23.3. The number of ether oxygens (including phenoxy) is 2. The van der Waals surface area contributed by atoms with Crippen molar-refractivity contribution in [3.05, 3.63) is 52.8 Å². The van der Waals surface area contributed by atoms with Gasteiger partial charge in [-0.2, -0.15) is 4.99 Å². The molecule has 2 aromatic carbocycles. The summed E-state index contributed by atoms with van der Waals surface area (Å²) in [7, 11) is -3.46. The smallest absolute Gasteiger partial charge is 0.326 e. The topological polar surface area (TPSA) is 104 Å². The lowest BCUT2D eigenvalue weighted by Gasteiger charge is -2.06. The average Bonchev–Trinajstić information content (AvgIpc) is 3.10. The molecular weight excluding hydrogens is 452 g/mol. The molecule has 8 nitrogen and oxygen atoms in total. The molecule has 1 aromatic heterocycles. The molecule has 170 valence electrons. The largest absolute Gasteiger partial charge is 0.494 e. The molecule has 0 radical (unpaired) electrons. The predicted octanol–water partition coefficient (Wildman–Crippen LogP) is 3.20. The molecule has 0 N–H and O–H groups in total. The number of aromatic nitrogens is 1. The Kier molecular flexibility index (Phi) is 7.47. The van der Waals surface area contributed by atoms with E-state index in [2.05, 4.69) is 4.99 Å². The Bertz CT molecular complexity index is 1320. The van der Waals surface area contributed by atoms with Gasteiger partial charge in [0.05, 0.1) is 34.1 Å². The number of nitrogens with zero attached hydrogens (tertiary/aromatic N) is 2. The van der Waals surface area contributed by atoms with Crippen molar-refractivity contribution in [2.75, 3.05) is 19.0 Å². The number of hydrogen-bond acceptors (Lipinski definition) is 7. The average molecular weight is 477 g/mol. The van der Waals surface area contributed by atoms with E-state index in [9.17, 15) is 18.0 Å². The lowest BCUT2D eigenvalue weighted by atomic mass is 10.2. The third-order valence-electron chi connectivity index (χ3n) is 4.58. The van der Waals surface area contributed by atoms with Crippen LogP contribution in [0.2, 0.25) is 0 Å². The van der Waals surface area contributed by atoms with Crippen LogP contribution in [0.25, 0.3) is 10.2 Å². The van der Waals surface area contributed by atoms with Crippen LogP contribution in [-0.4, -0.2) is 43.8 Å². The van der Waals surface area contributed by atoms with Crippen molar-refractivity contribution in [1.29, 1.82) is 0 Å². The van der Waals surface area contributed by atoms with Crippen LogP contribution in [0.15, 0.2) is 52.4 Å². The number of thiazole rings is 1. The lowest BCUT2D eigenvalue weighted by Crippen LogP contribution is -2.23. The summed E-state index contributed by atoms with van der Waals surface area (Å²) >= 11 is 1.23. The molecule has 0 aliphatic carbocycles. The van der Waals surface area contributed by atoms with Gasteiger partial charge in [0.2, 0.25) is 0 Å². The normalized spacial score (nSPS) is 12.2. The van der Waals surface area contributed by atoms with E-state index in [1.165, 1.54) is 35.6 Å². The van der Waals surface area contributed by atoms with E-state index in [1.807, 2.05) is 13.0 Å². The highest BCUT2D eigenvalue weighted by molar-refractivity contribution is 7.91. The molecule has 1 heterocycles. The molecule has 1 amide bonds. The fourth-order valence-corrected chi connectivity index (χ4v) is 5.01. The number of fused-ring (bicyclic) bond motifs is 1. The van der Waals surface area contributed by atoms with Crippen LogP contribution >= 0.6 is 11.3 Å². The molecule has 32 heavy (non-hydrogen) atoms. The summed E-state index contributed by atoms with van der Waals surface area (Å²) in [6, 6.07) is 11.2. The lowest BCUT2D eigenvalue weighted by molar-refractivity contribution is -0.143. The summed E-state index contributed by atoms with van der Waals surface area (Å²) in [5.74, 6) is -0.460. The zero-order valence-electron chi connectivity index (χ0n) is 18.0. The monoisotopic (exact) mass is 476 g/mol. The molecule has 10 heteroatoms. The molecule has 3 rings (SSSR count). The Morgan fingerprint density at radius 2 is 1.84 bits per heavy atom. The molecule has 0 atom stereocenters. The molecule has 0 saturated carbocycles. The molecular formula is C22H24N2O6S2. The van der Waals surface area contributed by atoms with Crippen LogP contribution in [0, 0.1) is 0 Å². The minimum Gasteiger partial charge on any atom is -0.494 e. The van der Waals surface area contributed by atoms with Gasteiger partial charge in [-0.1, -0.05) is 24.3 Å². The zero-order valence-corrected chi connectivity index (χ0v) is 19.7. The van der Waals surface area contributed by atoms with Crippen molar-refractivity contribution in [2.24, 2.45) is 4.99 Å². The Morgan fingerprint density at radius 3 is 2.53 bits per heavy atom. The van der Waals surface area contributed by atoms with Crippen molar-refractivity contribution >= 4 is 43.3 Å². The van der Waals surface area contributed by atoms with Gasteiger partial charge in [0.1, 0.15) is 12.3 Å². The van der Waals surface area contributed by atoms with E-state index in [-0.39, 0.29) is 29.4 Å². The minimum atomic E-state index is -3.46. The molecule has 0 fully saturated rings. The summed E-state index contributed by atoms with van der Waals surface area (Å²) in [6.45, 7) is 5.77. The van der Waals surface area contributed by atoms with Crippen LogP contribution in [0.1, 0.15) is 31.1 Å². The number of hydrogen-bond donors (Lipinski definition) is 0. The van der Waals surface area contributed by atoms with Gasteiger partial charge in [0, 0.05) is 5.56 Å². The number of carbonyl (C=O) groups excluding carboxylic acids is 2. The SMILES string of the molecule is CCOC(=O)Cn1c(=NC(=O)c2cccc(S(=O)(=O)CC)c2)sc2cc(OCC)ccc21. The number of carbonyl (C=O) groups is 2. The fraction of sp³-hybridized carbons (Fsp3) is 0.318. The van der Waals surface area contributed by atoms with Gasteiger partial charge in [0.15, 0.2) is 14.6 Å². The Labute approximate surface area is 190 Å². The van der Waals surface area contributed by atoms with Crippen molar-refractivity contribution in [1.82, 2.24) is 4.57 Å². The molecule has 0 aliphatic heterocycles. The maximum atomic E-state index is 12.9. The highest BCUT2D eigenvalue weighted by Crippen LogP contribution is 2.24. The van der Waals surface area contributed by atoms with Gasteiger partial charge in [-0.15, -0.1) is 0 Å². The number of benzene rings is 2. The van der Waals surface area contributed by atoms with Gasteiger partial charge in [-0.05, 0) is 50.2 Å². The summed E-state index contributed by atoms with van der Waals surface area (Å²) < 4.78 is 37.3. The van der Waals surface area contributed by atoms with E-state index in [0.717, 1.165) is 4.70 Å². The second-order valence-electron chi connectivity index (χ2n) is 6.69. The Balaban J connectivity index is 2.10. The van der Waals surface area contributed by atoms with Crippen molar-refractivity contribution in [3.63, 3.8) is 0 Å². The third-order valence-corrected chi connectivity index (χ3v) is 7.35. The quantitative estimate of drug-likeness (QED) is 0.463. The van der Waals surface area contributed by atoms with E-state index >= 15 is 0 Å². The molecule has 0 spiro atoms. The predicted molar refractivity (Wildman–Crippen MR) is 122 cm³/mol. The highest BCUT2D eigenvalue weighted by Gasteiger charge is 2.16. The third kappa shape index (κ3) is 5.25. The second-order valence-corrected chi connectivity index (χ2v) is 9.97. The highest BCUT2D eigenvalue weighted by atomic mass is 32.2. The number of amides is 1. The first kappa shape index (κ1) is 23.7. The van der Waals surface area contributed by atoms with Crippen molar-refractivity contribution in [3.8, 4) is 5.75 Å². The van der Waals surface area contributed by atoms with E-state index in [0.29, 0.717) is 22.7 Å². The standard InChI is InChI=1S/C22H24N2O6S2/c1-4-29-16-10-11-18-19(13-16)31-22(24(18)14-20(25)30-5-2)23-21(26)15-8-7-9-17(12-15)32(27,28)6-3/h7-13H,4-6,14H2,1-3H3. The summed E-state index contributed by atoms with van der Waals surface area (Å²) in [6.07, 6.45) is 0. The van der Waals surface area contributed by atoms with Crippen molar-refractivity contribution < 1.29 is 27.5 Å². The Hall–Kier alpha value is -2.98. The first-order valence-corrected chi connectivity index (χ1v) is 12.6.